The van der Waals surface area contributed by atoms with Crippen LogP contribution in [0.1, 0.15) is 20.3 Å². The van der Waals surface area contributed by atoms with E-state index in [2.05, 4.69) is 16.0 Å². The number of hydrogen-bond donors (Lipinski definition) is 5. The Kier molecular flexibility index (Phi) is 7.93. The fourth-order valence-corrected chi connectivity index (χ4v) is 2.82. The van der Waals surface area contributed by atoms with Gasteiger partial charge in [-0.25, -0.2) is 13.6 Å². The number of carboxylic acids is 1. The summed E-state index contributed by atoms with van der Waals surface area (Å²) in [6.45, 7) is 3.35. The SMILES string of the molecule is CC(C)C[C@H](NC(=S)Nc1ccc(S(N)(=O)=O)cc1)C(=O)NCC(=O)O. The van der Waals surface area contributed by atoms with E-state index < -0.39 is 34.5 Å². The molecule has 0 bridgehead atoms. The predicted molar refractivity (Wildman–Crippen MR) is 101 cm³/mol. The maximum Gasteiger partial charge on any atom is 0.322 e. The Hall–Kier alpha value is -2.24. The number of amides is 1. The number of anilines is 1. The van der Waals surface area contributed by atoms with Gasteiger partial charge in [-0.05, 0) is 48.8 Å². The molecule has 0 unspecified atom stereocenters. The molecule has 11 heteroatoms. The highest BCUT2D eigenvalue weighted by Gasteiger charge is 2.21. The van der Waals surface area contributed by atoms with Gasteiger partial charge in [-0.2, -0.15) is 0 Å². The van der Waals surface area contributed by atoms with Crippen LogP contribution in [0, 0.1) is 5.92 Å². The third-order valence-corrected chi connectivity index (χ3v) is 4.33. The highest BCUT2D eigenvalue weighted by Crippen LogP contribution is 2.13. The van der Waals surface area contributed by atoms with Gasteiger partial charge in [0.1, 0.15) is 12.6 Å². The van der Waals surface area contributed by atoms with E-state index in [4.69, 9.17) is 22.5 Å². The van der Waals surface area contributed by atoms with E-state index in [0.29, 0.717) is 12.1 Å². The van der Waals surface area contributed by atoms with Gasteiger partial charge < -0.3 is 21.1 Å². The van der Waals surface area contributed by atoms with Crippen LogP contribution in [0.4, 0.5) is 5.69 Å². The number of primary sulfonamides is 1. The quantitative estimate of drug-likeness (QED) is 0.388. The lowest BCUT2D eigenvalue weighted by molar-refractivity contribution is -0.138. The van der Waals surface area contributed by atoms with Gasteiger partial charge in [0.2, 0.25) is 15.9 Å². The number of carboxylic acid groups (broad SMARTS) is 1. The normalized spacial score (nSPS) is 12.3. The summed E-state index contributed by atoms with van der Waals surface area (Å²) in [5.41, 5.74) is 0.504. The summed E-state index contributed by atoms with van der Waals surface area (Å²) < 4.78 is 22.5. The minimum absolute atomic E-state index is 0.0346. The average Bonchev–Trinajstić information content (AvgIpc) is 2.51. The Labute approximate surface area is 157 Å². The maximum atomic E-state index is 12.1. The molecule has 0 radical (unpaired) electrons. The zero-order valence-electron chi connectivity index (χ0n) is 14.4. The summed E-state index contributed by atoms with van der Waals surface area (Å²) in [7, 11) is -3.78. The molecule has 0 spiro atoms. The molecule has 0 aliphatic rings. The molecule has 1 amide bonds. The second-order valence-corrected chi connectivity index (χ2v) is 7.93. The van der Waals surface area contributed by atoms with Crippen molar-refractivity contribution in [3.8, 4) is 0 Å². The number of rotatable bonds is 8. The van der Waals surface area contributed by atoms with Crippen molar-refractivity contribution >= 4 is 44.9 Å². The molecule has 0 aromatic heterocycles. The lowest BCUT2D eigenvalue weighted by Crippen LogP contribution is -2.49. The van der Waals surface area contributed by atoms with Gasteiger partial charge in [0, 0.05) is 5.69 Å². The van der Waals surface area contributed by atoms with Crippen molar-refractivity contribution < 1.29 is 23.1 Å². The molecule has 9 nitrogen and oxygen atoms in total. The van der Waals surface area contributed by atoms with Crippen LogP contribution in [0.3, 0.4) is 0 Å². The van der Waals surface area contributed by atoms with Crippen LogP contribution in [-0.4, -0.2) is 43.1 Å². The van der Waals surface area contributed by atoms with Crippen LogP contribution in [-0.2, 0) is 19.6 Å². The lowest BCUT2D eigenvalue weighted by Gasteiger charge is -2.21. The molecule has 1 aromatic carbocycles. The van der Waals surface area contributed by atoms with Gasteiger partial charge in [-0.3, -0.25) is 9.59 Å². The second kappa shape index (κ2) is 9.46. The highest BCUT2D eigenvalue weighted by molar-refractivity contribution is 7.89. The Morgan fingerprint density at radius 3 is 2.27 bits per heavy atom. The molecule has 144 valence electrons. The molecule has 0 aliphatic carbocycles. The largest absolute Gasteiger partial charge is 0.480 e. The summed E-state index contributed by atoms with van der Waals surface area (Å²) in [5, 5.41) is 21.8. The van der Waals surface area contributed by atoms with Crippen LogP contribution in [0.15, 0.2) is 29.2 Å². The van der Waals surface area contributed by atoms with Gasteiger partial charge in [-0.15, -0.1) is 0 Å². The van der Waals surface area contributed by atoms with Crippen LogP contribution in [0.25, 0.3) is 0 Å². The molecule has 0 saturated heterocycles. The molecule has 0 saturated carbocycles. The maximum absolute atomic E-state index is 12.1. The van der Waals surface area contributed by atoms with Gasteiger partial charge in [0.15, 0.2) is 5.11 Å². The topological polar surface area (TPSA) is 151 Å². The molecule has 0 heterocycles. The number of thiocarbonyl (C=S) groups is 1. The van der Waals surface area contributed by atoms with E-state index in [0.717, 1.165) is 0 Å². The number of aliphatic carboxylic acids is 1. The number of carbonyl (C=O) groups excluding carboxylic acids is 1. The molecular weight excluding hydrogens is 380 g/mol. The number of sulfonamides is 1. The van der Waals surface area contributed by atoms with Crippen LogP contribution in [0.2, 0.25) is 0 Å². The fraction of sp³-hybridized carbons (Fsp3) is 0.400. The van der Waals surface area contributed by atoms with Crippen molar-refractivity contribution in [2.24, 2.45) is 11.1 Å². The zero-order chi connectivity index (χ0) is 19.9. The summed E-state index contributed by atoms with van der Waals surface area (Å²) in [4.78, 5) is 22.7. The lowest BCUT2D eigenvalue weighted by atomic mass is 10.0. The van der Waals surface area contributed by atoms with E-state index in [1.165, 1.54) is 24.3 Å². The third-order valence-electron chi connectivity index (χ3n) is 3.18. The first-order valence-electron chi connectivity index (χ1n) is 7.69. The van der Waals surface area contributed by atoms with E-state index in [9.17, 15) is 18.0 Å². The summed E-state index contributed by atoms with van der Waals surface area (Å²) in [6.07, 6.45) is 0.442. The molecule has 6 N–H and O–H groups in total. The highest BCUT2D eigenvalue weighted by atomic mass is 32.2. The fourth-order valence-electron chi connectivity index (χ4n) is 2.04. The molecule has 0 aliphatic heterocycles. The molecule has 26 heavy (non-hydrogen) atoms. The predicted octanol–water partition coefficient (Wildman–Crippen LogP) is 0.236. The summed E-state index contributed by atoms with van der Waals surface area (Å²) >= 11 is 5.16. The van der Waals surface area contributed by atoms with Crippen LogP contribution < -0.4 is 21.1 Å². The first-order chi connectivity index (χ1) is 12.0. The van der Waals surface area contributed by atoms with Crippen molar-refractivity contribution in [3.05, 3.63) is 24.3 Å². The van der Waals surface area contributed by atoms with E-state index >= 15 is 0 Å². The van der Waals surface area contributed by atoms with Crippen LogP contribution >= 0.6 is 12.2 Å². The molecule has 1 aromatic rings. The van der Waals surface area contributed by atoms with E-state index in [-0.39, 0.29) is 15.9 Å². The number of carbonyl (C=O) groups is 2. The Morgan fingerprint density at radius 1 is 1.23 bits per heavy atom. The first-order valence-corrected chi connectivity index (χ1v) is 9.64. The third kappa shape index (κ3) is 7.76. The monoisotopic (exact) mass is 402 g/mol. The van der Waals surface area contributed by atoms with Crippen molar-refractivity contribution in [1.29, 1.82) is 0 Å². The number of hydrogen-bond acceptors (Lipinski definition) is 5. The number of nitrogens with two attached hydrogens (primary N) is 1. The Bertz CT molecular complexity index is 763. The van der Waals surface area contributed by atoms with E-state index in [1.54, 1.807) is 0 Å². The minimum atomic E-state index is -3.78. The number of benzene rings is 1. The van der Waals surface area contributed by atoms with Crippen molar-refractivity contribution in [1.82, 2.24) is 10.6 Å². The van der Waals surface area contributed by atoms with Gasteiger partial charge in [0.25, 0.3) is 0 Å². The minimum Gasteiger partial charge on any atom is -0.480 e. The average molecular weight is 402 g/mol. The molecule has 1 rings (SSSR count). The smallest absolute Gasteiger partial charge is 0.322 e. The van der Waals surface area contributed by atoms with Gasteiger partial charge in [0.05, 0.1) is 4.90 Å². The Morgan fingerprint density at radius 2 is 1.81 bits per heavy atom. The molecule has 1 atom stereocenters. The molecular formula is C15H22N4O5S2. The number of nitrogens with one attached hydrogen (secondary N) is 3. The van der Waals surface area contributed by atoms with E-state index in [1.807, 2.05) is 13.8 Å². The summed E-state index contributed by atoms with van der Waals surface area (Å²) in [6, 6.07) is 4.90. The first kappa shape index (κ1) is 21.8. The zero-order valence-corrected chi connectivity index (χ0v) is 16.0. The van der Waals surface area contributed by atoms with Crippen LogP contribution in [0.5, 0.6) is 0 Å². The van der Waals surface area contributed by atoms with Crippen molar-refractivity contribution in [2.45, 2.75) is 31.2 Å². The molecule has 0 fully saturated rings. The van der Waals surface area contributed by atoms with Gasteiger partial charge in [-0.1, -0.05) is 13.8 Å². The Balaban J connectivity index is 2.73. The standard InChI is InChI=1S/C15H22N4O5S2/c1-9(2)7-12(14(22)17-8-13(20)21)19-15(25)18-10-3-5-11(6-4-10)26(16,23)24/h3-6,9,12H,7-8H2,1-2H3,(H,17,22)(H,20,21)(H2,16,23,24)(H2,18,19,25)/t12-/m0/s1. The summed E-state index contributed by atoms with van der Waals surface area (Å²) in [5.74, 6) is -1.45. The van der Waals surface area contributed by atoms with Crippen molar-refractivity contribution in [3.63, 3.8) is 0 Å². The second-order valence-electron chi connectivity index (χ2n) is 5.96. The van der Waals surface area contributed by atoms with Crippen molar-refractivity contribution in [2.75, 3.05) is 11.9 Å². The van der Waals surface area contributed by atoms with Gasteiger partial charge >= 0.3 is 5.97 Å².